The van der Waals surface area contributed by atoms with Crippen molar-refractivity contribution in [1.29, 1.82) is 0 Å². The van der Waals surface area contributed by atoms with Gasteiger partial charge in [-0.1, -0.05) is 23.2 Å². The molecular weight excluding hydrogens is 291 g/mol. The van der Waals surface area contributed by atoms with Gasteiger partial charge in [0.25, 0.3) is 0 Å². The molecule has 0 unspecified atom stereocenters. The zero-order valence-electron chi connectivity index (χ0n) is 7.01. The lowest BCUT2D eigenvalue weighted by Crippen LogP contribution is -2.12. The molecule has 14 heavy (non-hydrogen) atoms. The molecule has 0 fully saturated rings. The van der Waals surface area contributed by atoms with E-state index in [0.29, 0.717) is 11.0 Å². The summed E-state index contributed by atoms with van der Waals surface area (Å²) in [5.74, 6) is 0. The van der Waals surface area contributed by atoms with Gasteiger partial charge in [-0.3, -0.25) is 4.79 Å². The number of aromatic nitrogens is 1. The third-order valence-corrected chi connectivity index (χ3v) is 2.39. The van der Waals surface area contributed by atoms with Crippen molar-refractivity contribution in [2.45, 2.75) is 6.54 Å². The maximum Gasteiger partial charge on any atom is 0.218 e. The summed E-state index contributed by atoms with van der Waals surface area (Å²) in [7, 11) is 0. The number of rotatable bonds is 2. The van der Waals surface area contributed by atoms with Gasteiger partial charge < -0.3 is 10.3 Å². The molecule has 2 N–H and O–H groups in total. The summed E-state index contributed by atoms with van der Waals surface area (Å²) in [5, 5.41) is 0. The number of hydrogen-bond donors (Lipinski definition) is 1. The average molecular weight is 298 g/mol. The minimum Gasteiger partial charge on any atom is -0.394 e. The fourth-order valence-electron chi connectivity index (χ4n) is 0.896. The Morgan fingerprint density at radius 1 is 1.57 bits per heavy atom. The second-order valence-electron chi connectivity index (χ2n) is 2.58. The van der Waals surface area contributed by atoms with E-state index < -0.39 is 0 Å². The summed E-state index contributed by atoms with van der Waals surface area (Å²) < 4.78 is 2.29. The Bertz CT molecular complexity index is 398. The number of allylic oxidation sites excluding steroid dienone is 1. The molecule has 0 aliphatic heterocycles. The van der Waals surface area contributed by atoms with Crippen LogP contribution in [0.1, 0.15) is 0 Å². The van der Waals surface area contributed by atoms with Crippen LogP contribution in [0.3, 0.4) is 0 Å². The molecule has 1 heterocycles. The molecule has 0 saturated heterocycles. The van der Waals surface area contributed by atoms with Crippen LogP contribution in [0.2, 0.25) is 0 Å². The largest absolute Gasteiger partial charge is 0.394 e. The number of nitrogens with zero attached hydrogens (tertiary/aromatic N) is 1. The fourth-order valence-corrected chi connectivity index (χ4v) is 1.53. The zero-order valence-corrected chi connectivity index (χ0v) is 10.1. The smallest absolute Gasteiger partial charge is 0.218 e. The number of nitrogen functional groups attached to an aromatic ring is 1. The summed E-state index contributed by atoms with van der Waals surface area (Å²) in [6.07, 6.45) is 4.74. The van der Waals surface area contributed by atoms with Gasteiger partial charge in [-0.2, -0.15) is 0 Å². The first-order valence-corrected chi connectivity index (χ1v) is 5.22. The standard InChI is InChI=1S/C8H7BrCl2N2O/c9-5-3-13(2-1-7(10)11)4-6(12)8(5)14/h1,3-4H,2,12H2. The summed E-state index contributed by atoms with van der Waals surface area (Å²) in [6, 6.07) is 0. The van der Waals surface area contributed by atoms with Crippen LogP contribution in [0.5, 0.6) is 0 Å². The first kappa shape index (κ1) is 11.6. The zero-order chi connectivity index (χ0) is 10.7. The van der Waals surface area contributed by atoms with Crippen LogP contribution in [0.25, 0.3) is 0 Å². The van der Waals surface area contributed by atoms with Crippen molar-refractivity contribution in [2.75, 3.05) is 5.73 Å². The quantitative estimate of drug-likeness (QED) is 0.912. The predicted molar refractivity (Wildman–Crippen MR) is 62.6 cm³/mol. The number of halogens is 3. The Morgan fingerprint density at radius 3 is 2.71 bits per heavy atom. The van der Waals surface area contributed by atoms with Crippen molar-refractivity contribution in [1.82, 2.24) is 4.57 Å². The molecule has 0 bridgehead atoms. The van der Waals surface area contributed by atoms with E-state index in [-0.39, 0.29) is 15.6 Å². The van der Waals surface area contributed by atoms with Crippen LogP contribution in [0.15, 0.2) is 32.2 Å². The van der Waals surface area contributed by atoms with Gasteiger partial charge in [0.15, 0.2) is 0 Å². The van der Waals surface area contributed by atoms with Crippen LogP contribution in [0.4, 0.5) is 5.69 Å². The van der Waals surface area contributed by atoms with E-state index in [1.807, 2.05) is 0 Å². The van der Waals surface area contributed by atoms with Gasteiger partial charge in [-0.05, 0) is 22.0 Å². The minimum absolute atomic E-state index is 0.179. The number of pyridine rings is 1. The van der Waals surface area contributed by atoms with Gasteiger partial charge >= 0.3 is 0 Å². The van der Waals surface area contributed by atoms with Gasteiger partial charge in [0.05, 0.1) is 10.2 Å². The monoisotopic (exact) mass is 296 g/mol. The summed E-state index contributed by atoms with van der Waals surface area (Å²) >= 11 is 14.0. The Hall–Kier alpha value is -0.450. The molecule has 0 aromatic carbocycles. The summed E-state index contributed by atoms with van der Waals surface area (Å²) in [5.41, 5.74) is 5.44. The molecule has 0 atom stereocenters. The maximum absolute atomic E-state index is 11.2. The Balaban J connectivity index is 3.02. The van der Waals surface area contributed by atoms with Crippen molar-refractivity contribution < 1.29 is 0 Å². The molecule has 76 valence electrons. The molecule has 6 heteroatoms. The lowest BCUT2D eigenvalue weighted by Gasteiger charge is -2.04. The van der Waals surface area contributed by atoms with E-state index >= 15 is 0 Å². The first-order valence-electron chi connectivity index (χ1n) is 3.67. The van der Waals surface area contributed by atoms with E-state index in [1.54, 1.807) is 16.8 Å². The highest BCUT2D eigenvalue weighted by molar-refractivity contribution is 9.10. The highest BCUT2D eigenvalue weighted by Crippen LogP contribution is 2.09. The summed E-state index contributed by atoms with van der Waals surface area (Å²) in [4.78, 5) is 11.2. The van der Waals surface area contributed by atoms with E-state index in [9.17, 15) is 4.79 Å². The van der Waals surface area contributed by atoms with Gasteiger partial charge in [-0.25, -0.2) is 0 Å². The van der Waals surface area contributed by atoms with E-state index in [0.717, 1.165) is 0 Å². The molecule has 0 aliphatic carbocycles. The Kier molecular flexibility index (Phi) is 4.04. The van der Waals surface area contributed by atoms with Gasteiger partial charge in [0, 0.05) is 18.9 Å². The molecule has 0 radical (unpaired) electrons. The second-order valence-corrected chi connectivity index (χ2v) is 4.44. The van der Waals surface area contributed by atoms with Crippen molar-refractivity contribution in [2.24, 2.45) is 0 Å². The molecule has 0 aliphatic rings. The molecule has 1 aromatic rings. The fraction of sp³-hybridized carbons (Fsp3) is 0.125. The highest BCUT2D eigenvalue weighted by Gasteiger charge is 2.00. The molecule has 0 spiro atoms. The van der Waals surface area contributed by atoms with Crippen molar-refractivity contribution in [3.05, 3.63) is 37.7 Å². The van der Waals surface area contributed by atoms with E-state index in [1.165, 1.54) is 6.20 Å². The van der Waals surface area contributed by atoms with Crippen LogP contribution in [-0.2, 0) is 6.54 Å². The maximum atomic E-state index is 11.2. The summed E-state index contributed by atoms with van der Waals surface area (Å²) in [6.45, 7) is 0.464. The Labute approximate surface area is 99.2 Å². The molecule has 1 aromatic heterocycles. The molecule has 1 rings (SSSR count). The minimum atomic E-state index is -0.220. The van der Waals surface area contributed by atoms with Crippen LogP contribution >= 0.6 is 39.1 Å². The number of nitrogens with two attached hydrogens (primary N) is 1. The van der Waals surface area contributed by atoms with E-state index in [2.05, 4.69) is 15.9 Å². The molecule has 0 amide bonds. The van der Waals surface area contributed by atoms with Crippen LogP contribution in [-0.4, -0.2) is 4.57 Å². The van der Waals surface area contributed by atoms with Crippen molar-refractivity contribution in [3.63, 3.8) is 0 Å². The third kappa shape index (κ3) is 3.04. The van der Waals surface area contributed by atoms with Gasteiger partial charge in [0.2, 0.25) is 5.43 Å². The lowest BCUT2D eigenvalue weighted by atomic mass is 10.4. The molecule has 0 saturated carbocycles. The lowest BCUT2D eigenvalue weighted by molar-refractivity contribution is 0.809. The predicted octanol–water partition coefficient (Wildman–Crippen LogP) is 2.51. The van der Waals surface area contributed by atoms with Crippen LogP contribution < -0.4 is 11.2 Å². The van der Waals surface area contributed by atoms with Crippen molar-refractivity contribution in [3.8, 4) is 0 Å². The highest BCUT2D eigenvalue weighted by atomic mass is 79.9. The normalized spacial score (nSPS) is 9.93. The topological polar surface area (TPSA) is 48.0 Å². The van der Waals surface area contributed by atoms with Crippen molar-refractivity contribution >= 4 is 44.8 Å². The third-order valence-electron chi connectivity index (χ3n) is 1.52. The van der Waals surface area contributed by atoms with Gasteiger partial charge in [0.1, 0.15) is 4.49 Å². The Morgan fingerprint density at radius 2 is 2.21 bits per heavy atom. The van der Waals surface area contributed by atoms with Gasteiger partial charge in [-0.15, -0.1) is 0 Å². The average Bonchev–Trinajstić information content (AvgIpc) is 2.10. The first-order chi connectivity index (χ1) is 6.50. The van der Waals surface area contributed by atoms with Crippen LogP contribution in [0, 0.1) is 0 Å². The molecule has 3 nitrogen and oxygen atoms in total. The SMILES string of the molecule is Nc1cn(CC=C(Cl)Cl)cc(Br)c1=O. The number of anilines is 1. The second kappa shape index (κ2) is 4.87. The molecular formula is C8H7BrCl2N2O. The van der Waals surface area contributed by atoms with E-state index in [4.69, 9.17) is 28.9 Å². The number of hydrogen-bond acceptors (Lipinski definition) is 2.